The second-order valence-electron chi connectivity index (χ2n) is 2.42. The minimum Gasteiger partial charge on any atom is -0.384 e. The van der Waals surface area contributed by atoms with E-state index in [2.05, 4.69) is 8.75 Å². The maximum absolute atomic E-state index is 9.42. The van der Waals surface area contributed by atoms with Crippen LogP contribution >= 0.6 is 11.7 Å². The van der Waals surface area contributed by atoms with E-state index in [0.29, 0.717) is 18.9 Å². The van der Waals surface area contributed by atoms with Crippen LogP contribution in [0.2, 0.25) is 0 Å². The maximum Gasteiger partial charge on any atom is 0.122 e. The van der Waals surface area contributed by atoms with Crippen molar-refractivity contribution in [1.29, 1.82) is 0 Å². The van der Waals surface area contributed by atoms with Crippen molar-refractivity contribution in [2.75, 3.05) is 13.2 Å². The third kappa shape index (κ3) is 2.84. The van der Waals surface area contributed by atoms with Crippen LogP contribution < -0.4 is 0 Å². The van der Waals surface area contributed by atoms with Crippen LogP contribution in [-0.4, -0.2) is 27.1 Å². The van der Waals surface area contributed by atoms with Crippen molar-refractivity contribution in [2.45, 2.75) is 19.4 Å². The standard InChI is InChI=1S/C7H12N2O2S/c1-2-3-11-5-7(10)6-4-8-12-9-6/h4,7,10H,2-3,5H2,1H3. The summed E-state index contributed by atoms with van der Waals surface area (Å²) in [5.41, 5.74) is 0.594. The minimum atomic E-state index is -0.629. The number of ether oxygens (including phenoxy) is 1. The quantitative estimate of drug-likeness (QED) is 0.700. The smallest absolute Gasteiger partial charge is 0.122 e. The first-order valence-corrected chi connectivity index (χ1v) is 4.61. The Bertz CT molecular complexity index is 203. The summed E-state index contributed by atoms with van der Waals surface area (Å²) in [4.78, 5) is 0. The number of nitrogens with zero attached hydrogens (tertiary/aromatic N) is 2. The Morgan fingerprint density at radius 2 is 2.58 bits per heavy atom. The Morgan fingerprint density at radius 1 is 1.75 bits per heavy atom. The van der Waals surface area contributed by atoms with Crippen molar-refractivity contribution in [3.63, 3.8) is 0 Å². The Labute approximate surface area is 75.5 Å². The monoisotopic (exact) mass is 188 g/mol. The van der Waals surface area contributed by atoms with Crippen molar-refractivity contribution < 1.29 is 9.84 Å². The highest BCUT2D eigenvalue weighted by Gasteiger charge is 2.09. The predicted molar refractivity (Wildman–Crippen MR) is 46.0 cm³/mol. The van der Waals surface area contributed by atoms with Crippen LogP contribution in [0.3, 0.4) is 0 Å². The molecule has 1 aromatic rings. The number of hydrogen-bond donors (Lipinski definition) is 1. The van der Waals surface area contributed by atoms with Gasteiger partial charge in [0.25, 0.3) is 0 Å². The van der Waals surface area contributed by atoms with Gasteiger partial charge in [0, 0.05) is 6.61 Å². The van der Waals surface area contributed by atoms with Crippen LogP contribution in [-0.2, 0) is 4.74 Å². The Kier molecular flexibility index (Phi) is 4.13. The summed E-state index contributed by atoms with van der Waals surface area (Å²) in [6.45, 7) is 3.00. The van der Waals surface area contributed by atoms with E-state index in [-0.39, 0.29) is 0 Å². The van der Waals surface area contributed by atoms with E-state index in [1.165, 1.54) is 0 Å². The van der Waals surface area contributed by atoms with Gasteiger partial charge in [-0.2, -0.15) is 8.75 Å². The first kappa shape index (κ1) is 9.57. The fourth-order valence-corrected chi connectivity index (χ4v) is 1.21. The number of hydrogen-bond acceptors (Lipinski definition) is 5. The first-order chi connectivity index (χ1) is 5.84. The van der Waals surface area contributed by atoms with E-state index in [4.69, 9.17) is 4.74 Å². The zero-order valence-electron chi connectivity index (χ0n) is 6.93. The third-order valence-corrected chi connectivity index (χ3v) is 1.84. The van der Waals surface area contributed by atoms with Gasteiger partial charge in [-0.15, -0.1) is 0 Å². The molecule has 1 N–H and O–H groups in total. The summed E-state index contributed by atoms with van der Waals surface area (Å²) in [7, 11) is 0. The summed E-state index contributed by atoms with van der Waals surface area (Å²) >= 11 is 1.09. The van der Waals surface area contributed by atoms with Gasteiger partial charge in [0.05, 0.1) is 24.5 Å². The number of rotatable bonds is 5. The molecular weight excluding hydrogens is 176 g/mol. The van der Waals surface area contributed by atoms with Gasteiger partial charge in [-0.3, -0.25) is 0 Å². The molecule has 68 valence electrons. The lowest BCUT2D eigenvalue weighted by atomic mass is 10.3. The lowest BCUT2D eigenvalue weighted by molar-refractivity contribution is 0.0346. The minimum absolute atomic E-state index is 0.305. The number of aromatic nitrogens is 2. The summed E-state index contributed by atoms with van der Waals surface area (Å²) in [6.07, 6.45) is 1.89. The molecule has 1 atom stereocenters. The van der Waals surface area contributed by atoms with Crippen LogP contribution in [0.1, 0.15) is 25.1 Å². The van der Waals surface area contributed by atoms with Crippen molar-refractivity contribution in [2.24, 2.45) is 0 Å². The second kappa shape index (κ2) is 5.18. The largest absolute Gasteiger partial charge is 0.384 e. The fraction of sp³-hybridized carbons (Fsp3) is 0.714. The summed E-state index contributed by atoms with van der Waals surface area (Å²) in [5, 5.41) is 9.42. The molecule has 0 fully saturated rings. The molecule has 0 bridgehead atoms. The van der Waals surface area contributed by atoms with Gasteiger partial charge in [-0.1, -0.05) is 6.92 Å². The topological polar surface area (TPSA) is 55.2 Å². The van der Waals surface area contributed by atoms with Gasteiger partial charge in [0.2, 0.25) is 0 Å². The molecule has 1 unspecified atom stereocenters. The van der Waals surface area contributed by atoms with Gasteiger partial charge in [-0.25, -0.2) is 0 Å². The van der Waals surface area contributed by atoms with Gasteiger partial charge in [0.15, 0.2) is 0 Å². The molecule has 1 rings (SSSR count). The number of aliphatic hydroxyl groups excluding tert-OH is 1. The molecule has 0 spiro atoms. The highest BCUT2D eigenvalue weighted by atomic mass is 32.1. The molecule has 0 amide bonds. The first-order valence-electron chi connectivity index (χ1n) is 3.88. The van der Waals surface area contributed by atoms with Crippen molar-refractivity contribution in [1.82, 2.24) is 8.75 Å². The van der Waals surface area contributed by atoms with Crippen LogP contribution in [0.15, 0.2) is 6.20 Å². The molecule has 0 saturated carbocycles. The average molecular weight is 188 g/mol. The molecular formula is C7H12N2O2S. The molecule has 0 radical (unpaired) electrons. The van der Waals surface area contributed by atoms with Gasteiger partial charge in [0.1, 0.15) is 11.8 Å². The third-order valence-electron chi connectivity index (χ3n) is 1.34. The fourth-order valence-electron chi connectivity index (χ4n) is 0.743. The molecule has 0 aliphatic carbocycles. The van der Waals surface area contributed by atoms with Gasteiger partial charge < -0.3 is 9.84 Å². The summed E-state index contributed by atoms with van der Waals surface area (Å²) in [6, 6.07) is 0. The Hall–Kier alpha value is -0.520. The van der Waals surface area contributed by atoms with Crippen molar-refractivity contribution >= 4 is 11.7 Å². The van der Waals surface area contributed by atoms with E-state index in [0.717, 1.165) is 18.1 Å². The predicted octanol–water partition coefficient (Wildman–Crippen LogP) is 0.998. The zero-order valence-corrected chi connectivity index (χ0v) is 7.75. The molecule has 12 heavy (non-hydrogen) atoms. The molecule has 0 aliphatic rings. The average Bonchev–Trinajstić information content (AvgIpc) is 2.56. The van der Waals surface area contributed by atoms with Crippen LogP contribution in [0.4, 0.5) is 0 Å². The summed E-state index contributed by atoms with van der Waals surface area (Å²) in [5.74, 6) is 0. The van der Waals surface area contributed by atoms with Crippen LogP contribution in [0, 0.1) is 0 Å². The summed E-state index contributed by atoms with van der Waals surface area (Å²) < 4.78 is 12.8. The van der Waals surface area contributed by atoms with Crippen LogP contribution in [0.25, 0.3) is 0 Å². The maximum atomic E-state index is 9.42. The highest BCUT2D eigenvalue weighted by Crippen LogP contribution is 2.09. The molecule has 0 aromatic carbocycles. The van der Waals surface area contributed by atoms with E-state index in [1.54, 1.807) is 6.20 Å². The Morgan fingerprint density at radius 3 is 3.17 bits per heavy atom. The normalized spacial score (nSPS) is 13.2. The second-order valence-corrected chi connectivity index (χ2v) is 2.98. The number of aliphatic hydroxyl groups is 1. The van der Waals surface area contributed by atoms with E-state index >= 15 is 0 Å². The SMILES string of the molecule is CCCOCC(O)c1cnsn1. The molecule has 4 nitrogen and oxygen atoms in total. The molecule has 1 aromatic heterocycles. The van der Waals surface area contributed by atoms with E-state index in [9.17, 15) is 5.11 Å². The zero-order chi connectivity index (χ0) is 8.81. The lowest BCUT2D eigenvalue weighted by Crippen LogP contribution is -2.07. The molecule has 0 aliphatic heterocycles. The van der Waals surface area contributed by atoms with E-state index < -0.39 is 6.10 Å². The highest BCUT2D eigenvalue weighted by molar-refractivity contribution is 6.99. The Balaban J connectivity index is 2.25. The van der Waals surface area contributed by atoms with E-state index in [1.807, 2.05) is 6.92 Å². The molecule has 1 heterocycles. The molecule has 5 heteroatoms. The van der Waals surface area contributed by atoms with Gasteiger partial charge in [-0.05, 0) is 6.42 Å². The molecule has 0 saturated heterocycles. The van der Waals surface area contributed by atoms with Gasteiger partial charge >= 0.3 is 0 Å². The van der Waals surface area contributed by atoms with Crippen molar-refractivity contribution in [3.8, 4) is 0 Å². The van der Waals surface area contributed by atoms with Crippen LogP contribution in [0.5, 0.6) is 0 Å². The van der Waals surface area contributed by atoms with Crippen molar-refractivity contribution in [3.05, 3.63) is 11.9 Å². The lowest BCUT2D eigenvalue weighted by Gasteiger charge is -2.06.